The number of morpholine rings is 1. The van der Waals surface area contributed by atoms with Crippen LogP contribution in [0.2, 0.25) is 0 Å². The van der Waals surface area contributed by atoms with Crippen molar-refractivity contribution in [2.45, 2.75) is 38.6 Å². The number of nitrogens with zero attached hydrogens (tertiary/aromatic N) is 1. The quantitative estimate of drug-likeness (QED) is 0.666. The van der Waals surface area contributed by atoms with Gasteiger partial charge in [-0.2, -0.15) is 0 Å². The summed E-state index contributed by atoms with van der Waals surface area (Å²) in [7, 11) is 0. The highest BCUT2D eigenvalue weighted by Gasteiger charge is 2.27. The Morgan fingerprint density at radius 2 is 2.33 bits per heavy atom. The van der Waals surface area contributed by atoms with Crippen LogP contribution in [0.3, 0.4) is 0 Å². The second-order valence-corrected chi connectivity index (χ2v) is 3.98. The topological polar surface area (TPSA) is 49.8 Å². The third-order valence-electron chi connectivity index (χ3n) is 2.76. The van der Waals surface area contributed by atoms with Gasteiger partial charge in [0.05, 0.1) is 12.6 Å². The summed E-state index contributed by atoms with van der Waals surface area (Å²) in [5.41, 5.74) is 0. The SMILES string of the molecule is CCCCCN1C(=O)COCC1CCO. The van der Waals surface area contributed by atoms with Crippen LogP contribution in [0.5, 0.6) is 0 Å². The monoisotopic (exact) mass is 215 g/mol. The van der Waals surface area contributed by atoms with Crippen molar-refractivity contribution in [3.63, 3.8) is 0 Å². The summed E-state index contributed by atoms with van der Waals surface area (Å²) in [6.07, 6.45) is 3.97. The number of carbonyl (C=O) groups is 1. The van der Waals surface area contributed by atoms with Gasteiger partial charge >= 0.3 is 0 Å². The van der Waals surface area contributed by atoms with Gasteiger partial charge in [0, 0.05) is 13.2 Å². The minimum Gasteiger partial charge on any atom is -0.396 e. The van der Waals surface area contributed by atoms with Crippen LogP contribution in [0.4, 0.5) is 0 Å². The lowest BCUT2D eigenvalue weighted by Crippen LogP contribution is -2.50. The second-order valence-electron chi connectivity index (χ2n) is 3.98. The van der Waals surface area contributed by atoms with Crippen molar-refractivity contribution in [2.75, 3.05) is 26.4 Å². The number of ether oxygens (including phenoxy) is 1. The first-order valence-corrected chi connectivity index (χ1v) is 5.77. The zero-order valence-electron chi connectivity index (χ0n) is 9.45. The summed E-state index contributed by atoms with van der Waals surface area (Å²) in [4.78, 5) is 13.5. The number of carbonyl (C=O) groups excluding carboxylic acids is 1. The Morgan fingerprint density at radius 3 is 3.00 bits per heavy atom. The zero-order valence-corrected chi connectivity index (χ0v) is 9.45. The Bertz CT molecular complexity index is 194. The van der Waals surface area contributed by atoms with E-state index in [1.165, 1.54) is 0 Å². The van der Waals surface area contributed by atoms with E-state index in [0.717, 1.165) is 25.8 Å². The van der Waals surface area contributed by atoms with Crippen molar-refractivity contribution in [1.29, 1.82) is 0 Å². The Kier molecular flexibility index (Phi) is 5.65. The molecule has 4 nitrogen and oxygen atoms in total. The van der Waals surface area contributed by atoms with E-state index in [4.69, 9.17) is 9.84 Å². The standard InChI is InChI=1S/C11H21NO3/c1-2-3-4-6-12-10(5-7-13)8-15-9-11(12)14/h10,13H,2-9H2,1H3. The van der Waals surface area contributed by atoms with Crippen LogP contribution in [0.15, 0.2) is 0 Å². The van der Waals surface area contributed by atoms with Gasteiger partial charge in [-0.1, -0.05) is 19.8 Å². The predicted molar refractivity (Wildman–Crippen MR) is 57.5 cm³/mol. The minimum absolute atomic E-state index is 0.0656. The molecule has 0 spiro atoms. The molecule has 1 aliphatic heterocycles. The maximum absolute atomic E-state index is 11.6. The molecule has 1 rings (SSSR count). The molecule has 15 heavy (non-hydrogen) atoms. The van der Waals surface area contributed by atoms with Crippen LogP contribution in [0.25, 0.3) is 0 Å². The third-order valence-corrected chi connectivity index (χ3v) is 2.76. The fraction of sp³-hybridized carbons (Fsp3) is 0.909. The van der Waals surface area contributed by atoms with E-state index in [9.17, 15) is 4.79 Å². The maximum atomic E-state index is 11.6. The average Bonchev–Trinajstić information content (AvgIpc) is 2.23. The highest BCUT2D eigenvalue weighted by atomic mass is 16.5. The van der Waals surface area contributed by atoms with Gasteiger partial charge in [-0.3, -0.25) is 4.79 Å². The van der Waals surface area contributed by atoms with Crippen LogP contribution < -0.4 is 0 Å². The molecule has 0 aromatic rings. The van der Waals surface area contributed by atoms with Gasteiger partial charge in [0.2, 0.25) is 5.91 Å². The Balaban J connectivity index is 2.41. The highest BCUT2D eigenvalue weighted by molar-refractivity contribution is 5.78. The van der Waals surface area contributed by atoms with Crippen molar-refractivity contribution in [2.24, 2.45) is 0 Å². The van der Waals surface area contributed by atoms with Crippen molar-refractivity contribution in [3.05, 3.63) is 0 Å². The smallest absolute Gasteiger partial charge is 0.248 e. The highest BCUT2D eigenvalue weighted by Crippen LogP contribution is 2.12. The third kappa shape index (κ3) is 3.80. The molecular weight excluding hydrogens is 194 g/mol. The molecule has 1 fully saturated rings. The maximum Gasteiger partial charge on any atom is 0.248 e. The van der Waals surface area contributed by atoms with E-state index in [-0.39, 0.29) is 25.2 Å². The molecule has 1 heterocycles. The fourth-order valence-electron chi connectivity index (χ4n) is 1.89. The molecule has 88 valence electrons. The summed E-state index contributed by atoms with van der Waals surface area (Å²) in [6.45, 7) is 3.84. The molecule has 1 aliphatic rings. The first-order chi connectivity index (χ1) is 7.29. The van der Waals surface area contributed by atoms with Gasteiger partial charge < -0.3 is 14.7 Å². The number of amides is 1. The molecule has 0 saturated carbocycles. The average molecular weight is 215 g/mol. The normalized spacial score (nSPS) is 22.1. The first kappa shape index (κ1) is 12.5. The Morgan fingerprint density at radius 1 is 1.53 bits per heavy atom. The Labute approximate surface area is 91.2 Å². The van der Waals surface area contributed by atoms with Crippen molar-refractivity contribution in [1.82, 2.24) is 4.90 Å². The van der Waals surface area contributed by atoms with E-state index >= 15 is 0 Å². The predicted octanol–water partition coefficient (Wildman–Crippen LogP) is 0.786. The number of aliphatic hydroxyl groups is 1. The van der Waals surface area contributed by atoms with Crippen LogP contribution >= 0.6 is 0 Å². The molecule has 1 atom stereocenters. The van der Waals surface area contributed by atoms with Gasteiger partial charge in [0.25, 0.3) is 0 Å². The number of hydrogen-bond donors (Lipinski definition) is 1. The van der Waals surface area contributed by atoms with Crippen molar-refractivity contribution >= 4 is 5.91 Å². The minimum atomic E-state index is 0.0656. The lowest BCUT2D eigenvalue weighted by atomic mass is 10.1. The summed E-state index contributed by atoms with van der Waals surface area (Å²) in [5.74, 6) is 0.0656. The molecular formula is C11H21NO3. The lowest BCUT2D eigenvalue weighted by molar-refractivity contribution is -0.148. The van der Waals surface area contributed by atoms with E-state index in [2.05, 4.69) is 6.92 Å². The molecule has 1 amide bonds. The number of unbranched alkanes of at least 4 members (excludes halogenated alkanes) is 2. The summed E-state index contributed by atoms with van der Waals surface area (Å²) >= 11 is 0. The van der Waals surface area contributed by atoms with Crippen LogP contribution in [-0.4, -0.2) is 48.3 Å². The molecule has 0 bridgehead atoms. The molecule has 0 radical (unpaired) electrons. The van der Waals surface area contributed by atoms with E-state index < -0.39 is 0 Å². The van der Waals surface area contributed by atoms with E-state index in [0.29, 0.717) is 13.0 Å². The summed E-state index contributed by atoms with van der Waals surface area (Å²) < 4.78 is 5.18. The summed E-state index contributed by atoms with van der Waals surface area (Å²) in [6, 6.07) is 0.0770. The van der Waals surface area contributed by atoms with Crippen LogP contribution in [-0.2, 0) is 9.53 Å². The number of hydrogen-bond acceptors (Lipinski definition) is 3. The lowest BCUT2D eigenvalue weighted by Gasteiger charge is -2.35. The van der Waals surface area contributed by atoms with Gasteiger partial charge in [-0.05, 0) is 12.8 Å². The Hall–Kier alpha value is -0.610. The number of aliphatic hydroxyl groups excluding tert-OH is 1. The molecule has 0 aromatic heterocycles. The molecule has 1 saturated heterocycles. The second kappa shape index (κ2) is 6.80. The fourth-order valence-corrected chi connectivity index (χ4v) is 1.89. The number of rotatable bonds is 6. The van der Waals surface area contributed by atoms with E-state index in [1.54, 1.807) is 0 Å². The van der Waals surface area contributed by atoms with E-state index in [1.807, 2.05) is 4.90 Å². The molecule has 0 aliphatic carbocycles. The van der Waals surface area contributed by atoms with Crippen LogP contribution in [0, 0.1) is 0 Å². The molecule has 1 unspecified atom stereocenters. The van der Waals surface area contributed by atoms with Crippen molar-refractivity contribution in [3.8, 4) is 0 Å². The van der Waals surface area contributed by atoms with Gasteiger partial charge in [-0.25, -0.2) is 0 Å². The largest absolute Gasteiger partial charge is 0.396 e. The van der Waals surface area contributed by atoms with Gasteiger partial charge in [0.15, 0.2) is 0 Å². The first-order valence-electron chi connectivity index (χ1n) is 5.77. The van der Waals surface area contributed by atoms with Crippen molar-refractivity contribution < 1.29 is 14.6 Å². The molecule has 0 aromatic carbocycles. The molecule has 4 heteroatoms. The van der Waals surface area contributed by atoms with Gasteiger partial charge in [-0.15, -0.1) is 0 Å². The summed E-state index contributed by atoms with van der Waals surface area (Å²) in [5, 5.41) is 8.90. The zero-order chi connectivity index (χ0) is 11.1. The van der Waals surface area contributed by atoms with Gasteiger partial charge in [0.1, 0.15) is 6.61 Å². The van der Waals surface area contributed by atoms with Crippen LogP contribution in [0.1, 0.15) is 32.6 Å². The molecule has 1 N–H and O–H groups in total.